The number of hydrogen-bond acceptors (Lipinski definition) is 6. The molecule has 1 saturated heterocycles. The van der Waals surface area contributed by atoms with Crippen molar-refractivity contribution in [2.75, 3.05) is 37.7 Å². The Hall–Kier alpha value is -3.58. The molecule has 0 bridgehead atoms. The molecule has 0 atom stereocenters. The monoisotopic (exact) mass is 347 g/mol. The van der Waals surface area contributed by atoms with E-state index >= 15 is 0 Å². The first kappa shape index (κ1) is 17.2. The maximum absolute atomic E-state index is 12.4. The van der Waals surface area contributed by atoms with Crippen LogP contribution < -0.4 is 9.64 Å². The van der Waals surface area contributed by atoms with Gasteiger partial charge in [0.15, 0.2) is 6.61 Å². The standard InChI is InChI=1S/C19H17N5O2/c20-12-15-4-1-2-6-17(15)26-14-18(25)23-8-10-24(11-9-23)19-16(13-21)5-3-7-22-19/h1-7H,8-11,14H2. The van der Waals surface area contributed by atoms with Gasteiger partial charge in [-0.2, -0.15) is 10.5 Å². The van der Waals surface area contributed by atoms with Crippen molar-refractivity contribution in [3.05, 3.63) is 53.7 Å². The largest absolute Gasteiger partial charge is 0.482 e. The van der Waals surface area contributed by atoms with E-state index in [0.717, 1.165) is 0 Å². The third-order valence-corrected chi connectivity index (χ3v) is 4.20. The molecule has 26 heavy (non-hydrogen) atoms. The SMILES string of the molecule is N#Cc1ccccc1OCC(=O)N1CCN(c2ncccc2C#N)CC1. The molecule has 130 valence electrons. The van der Waals surface area contributed by atoms with Crippen molar-refractivity contribution in [1.82, 2.24) is 9.88 Å². The van der Waals surface area contributed by atoms with Gasteiger partial charge < -0.3 is 14.5 Å². The maximum atomic E-state index is 12.4. The van der Waals surface area contributed by atoms with Gasteiger partial charge in [-0.1, -0.05) is 12.1 Å². The van der Waals surface area contributed by atoms with E-state index in [9.17, 15) is 10.1 Å². The van der Waals surface area contributed by atoms with E-state index in [1.54, 1.807) is 47.5 Å². The number of ether oxygens (including phenoxy) is 1. The fourth-order valence-corrected chi connectivity index (χ4v) is 2.82. The number of anilines is 1. The van der Waals surface area contributed by atoms with E-state index in [-0.39, 0.29) is 12.5 Å². The Morgan fingerprint density at radius 1 is 1.04 bits per heavy atom. The maximum Gasteiger partial charge on any atom is 0.260 e. The van der Waals surface area contributed by atoms with E-state index in [2.05, 4.69) is 11.1 Å². The lowest BCUT2D eigenvalue weighted by Gasteiger charge is -2.35. The average Bonchev–Trinajstić information content (AvgIpc) is 2.72. The van der Waals surface area contributed by atoms with Crippen LogP contribution in [0, 0.1) is 22.7 Å². The van der Waals surface area contributed by atoms with Gasteiger partial charge in [0.05, 0.1) is 11.1 Å². The summed E-state index contributed by atoms with van der Waals surface area (Å²) in [5, 5.41) is 18.2. The van der Waals surface area contributed by atoms with Crippen LogP contribution >= 0.6 is 0 Å². The summed E-state index contributed by atoms with van der Waals surface area (Å²) in [5.41, 5.74) is 0.938. The molecule has 1 fully saturated rings. The second kappa shape index (κ2) is 8.00. The lowest BCUT2D eigenvalue weighted by atomic mass is 10.2. The van der Waals surface area contributed by atoms with Crippen LogP contribution in [0.15, 0.2) is 42.6 Å². The average molecular weight is 347 g/mol. The third kappa shape index (κ3) is 3.73. The zero-order valence-electron chi connectivity index (χ0n) is 14.1. The van der Waals surface area contributed by atoms with Crippen LogP contribution in [0.2, 0.25) is 0 Å². The number of carbonyl (C=O) groups excluding carboxylic acids is 1. The highest BCUT2D eigenvalue weighted by molar-refractivity contribution is 5.78. The first-order valence-electron chi connectivity index (χ1n) is 8.22. The Kier molecular flexibility index (Phi) is 5.31. The lowest BCUT2D eigenvalue weighted by Crippen LogP contribution is -2.50. The van der Waals surface area contributed by atoms with E-state index in [1.165, 1.54) is 0 Å². The first-order chi connectivity index (χ1) is 12.7. The molecule has 1 aliphatic heterocycles. The smallest absolute Gasteiger partial charge is 0.260 e. The Labute approximate surface area is 151 Å². The Morgan fingerprint density at radius 3 is 2.46 bits per heavy atom. The number of amides is 1. The molecule has 7 heteroatoms. The number of carbonyl (C=O) groups is 1. The molecule has 0 spiro atoms. The topological polar surface area (TPSA) is 93.2 Å². The summed E-state index contributed by atoms with van der Waals surface area (Å²) in [7, 11) is 0. The zero-order chi connectivity index (χ0) is 18.4. The van der Waals surface area contributed by atoms with Crippen molar-refractivity contribution in [3.63, 3.8) is 0 Å². The molecule has 2 heterocycles. The number of rotatable bonds is 4. The third-order valence-electron chi connectivity index (χ3n) is 4.20. The molecule has 1 aromatic heterocycles. The number of pyridine rings is 1. The van der Waals surface area contributed by atoms with E-state index in [0.29, 0.717) is 48.9 Å². The van der Waals surface area contributed by atoms with E-state index < -0.39 is 0 Å². The first-order valence-corrected chi connectivity index (χ1v) is 8.22. The molecule has 0 aliphatic carbocycles. The van der Waals surface area contributed by atoms with Gasteiger partial charge in [-0.3, -0.25) is 4.79 Å². The number of para-hydroxylation sites is 1. The summed E-state index contributed by atoms with van der Waals surface area (Å²) >= 11 is 0. The van der Waals surface area contributed by atoms with Crippen LogP contribution in [0.25, 0.3) is 0 Å². The van der Waals surface area contributed by atoms with Crippen LogP contribution in [-0.4, -0.2) is 48.6 Å². The van der Waals surface area contributed by atoms with Crippen molar-refractivity contribution in [2.24, 2.45) is 0 Å². The van der Waals surface area contributed by atoms with Crippen molar-refractivity contribution in [3.8, 4) is 17.9 Å². The molecule has 3 rings (SSSR count). The molecule has 1 amide bonds. The molecule has 1 aromatic carbocycles. The van der Waals surface area contributed by atoms with Gasteiger partial charge in [-0.15, -0.1) is 0 Å². The minimum absolute atomic E-state index is 0.105. The van der Waals surface area contributed by atoms with Crippen molar-refractivity contribution in [2.45, 2.75) is 0 Å². The fourth-order valence-electron chi connectivity index (χ4n) is 2.82. The lowest BCUT2D eigenvalue weighted by molar-refractivity contribution is -0.133. The summed E-state index contributed by atoms with van der Waals surface area (Å²) < 4.78 is 5.51. The van der Waals surface area contributed by atoms with Gasteiger partial charge in [-0.25, -0.2) is 4.98 Å². The van der Waals surface area contributed by atoms with Gasteiger partial charge in [-0.05, 0) is 24.3 Å². The highest BCUT2D eigenvalue weighted by atomic mass is 16.5. The van der Waals surface area contributed by atoms with Gasteiger partial charge in [0.25, 0.3) is 5.91 Å². The molecule has 0 saturated carbocycles. The number of piperazine rings is 1. The Balaban J connectivity index is 1.56. The number of aromatic nitrogens is 1. The van der Waals surface area contributed by atoms with E-state index in [4.69, 9.17) is 10.00 Å². The van der Waals surface area contributed by atoms with Crippen molar-refractivity contribution < 1.29 is 9.53 Å². The van der Waals surface area contributed by atoms with Crippen LogP contribution in [-0.2, 0) is 4.79 Å². The quantitative estimate of drug-likeness (QED) is 0.833. The summed E-state index contributed by atoms with van der Waals surface area (Å²) in [4.78, 5) is 20.4. The van der Waals surface area contributed by atoms with E-state index in [1.807, 2.05) is 11.0 Å². The zero-order valence-corrected chi connectivity index (χ0v) is 14.1. The predicted octanol–water partition coefficient (Wildman–Crippen LogP) is 1.55. The molecular formula is C19H17N5O2. The molecule has 0 N–H and O–H groups in total. The van der Waals surface area contributed by atoms with Crippen molar-refractivity contribution >= 4 is 11.7 Å². The minimum atomic E-state index is -0.126. The Bertz CT molecular complexity index is 876. The molecular weight excluding hydrogens is 330 g/mol. The molecule has 2 aromatic rings. The normalized spacial score (nSPS) is 13.6. The highest BCUT2D eigenvalue weighted by Crippen LogP contribution is 2.19. The molecule has 7 nitrogen and oxygen atoms in total. The summed E-state index contributed by atoms with van der Waals surface area (Å²) in [5.74, 6) is 0.939. The van der Waals surface area contributed by atoms with Gasteiger partial charge in [0, 0.05) is 32.4 Å². The molecule has 1 aliphatic rings. The number of nitrogens with zero attached hydrogens (tertiary/aromatic N) is 5. The number of benzene rings is 1. The summed E-state index contributed by atoms with van der Waals surface area (Å²) in [6, 6.07) is 14.5. The highest BCUT2D eigenvalue weighted by Gasteiger charge is 2.23. The Morgan fingerprint density at radius 2 is 1.73 bits per heavy atom. The minimum Gasteiger partial charge on any atom is -0.482 e. The van der Waals surface area contributed by atoms with Crippen LogP contribution in [0.4, 0.5) is 5.82 Å². The van der Waals surface area contributed by atoms with Crippen LogP contribution in [0.5, 0.6) is 5.75 Å². The molecule has 0 radical (unpaired) electrons. The van der Waals surface area contributed by atoms with Gasteiger partial charge >= 0.3 is 0 Å². The van der Waals surface area contributed by atoms with Gasteiger partial charge in [0.2, 0.25) is 0 Å². The number of hydrogen-bond donors (Lipinski definition) is 0. The number of nitriles is 2. The predicted molar refractivity (Wildman–Crippen MR) is 94.4 cm³/mol. The van der Waals surface area contributed by atoms with Crippen LogP contribution in [0.1, 0.15) is 11.1 Å². The van der Waals surface area contributed by atoms with Crippen molar-refractivity contribution in [1.29, 1.82) is 10.5 Å². The second-order valence-corrected chi connectivity index (χ2v) is 5.75. The van der Waals surface area contributed by atoms with Gasteiger partial charge in [0.1, 0.15) is 23.7 Å². The fraction of sp³-hybridized carbons (Fsp3) is 0.263. The molecule has 0 unspecified atom stereocenters. The van der Waals surface area contributed by atoms with Crippen LogP contribution in [0.3, 0.4) is 0 Å². The second-order valence-electron chi connectivity index (χ2n) is 5.75. The summed E-state index contributed by atoms with van der Waals surface area (Å²) in [6.07, 6.45) is 1.66. The summed E-state index contributed by atoms with van der Waals surface area (Å²) in [6.45, 7) is 2.16.